The van der Waals surface area contributed by atoms with E-state index < -0.39 is 5.41 Å². The zero-order valence-corrected chi connectivity index (χ0v) is 13.0. The number of hydrogen-bond donors (Lipinski definition) is 2. The molecule has 1 heterocycles. The third kappa shape index (κ3) is 2.00. The Morgan fingerprint density at radius 1 is 1.19 bits per heavy atom. The van der Waals surface area contributed by atoms with Crippen LogP contribution in [-0.4, -0.2) is 11.0 Å². The van der Waals surface area contributed by atoms with Gasteiger partial charge in [-0.05, 0) is 49.7 Å². The fourth-order valence-corrected chi connectivity index (χ4v) is 3.51. The Kier molecular flexibility index (Phi) is 3.15. The molecule has 108 valence electrons. The zero-order chi connectivity index (χ0) is 15.4. The van der Waals surface area contributed by atoms with Crippen molar-refractivity contribution in [2.24, 2.45) is 0 Å². The van der Waals surface area contributed by atoms with Crippen molar-refractivity contribution in [3.63, 3.8) is 0 Å². The van der Waals surface area contributed by atoms with E-state index >= 15 is 0 Å². The fourth-order valence-electron chi connectivity index (χ4n) is 2.88. The highest BCUT2D eigenvalue weighted by atomic mass is 35.5. The van der Waals surface area contributed by atoms with Gasteiger partial charge in [-0.25, -0.2) is 0 Å². The van der Waals surface area contributed by atoms with Crippen LogP contribution in [0.5, 0.6) is 5.75 Å². The van der Waals surface area contributed by atoms with E-state index in [4.69, 9.17) is 23.2 Å². The lowest BCUT2D eigenvalue weighted by atomic mass is 9.76. The molecule has 1 aliphatic heterocycles. The number of rotatable bonds is 1. The Morgan fingerprint density at radius 2 is 1.90 bits per heavy atom. The Morgan fingerprint density at radius 3 is 2.62 bits per heavy atom. The van der Waals surface area contributed by atoms with E-state index in [0.717, 1.165) is 5.56 Å². The predicted molar refractivity (Wildman–Crippen MR) is 84.4 cm³/mol. The molecule has 2 N–H and O–H groups in total. The monoisotopic (exact) mass is 321 g/mol. The van der Waals surface area contributed by atoms with E-state index in [9.17, 15) is 9.90 Å². The maximum absolute atomic E-state index is 12.6. The van der Waals surface area contributed by atoms with Gasteiger partial charge in [0.2, 0.25) is 5.91 Å². The van der Waals surface area contributed by atoms with Gasteiger partial charge in [-0.15, -0.1) is 0 Å². The van der Waals surface area contributed by atoms with Gasteiger partial charge in [-0.1, -0.05) is 23.2 Å². The van der Waals surface area contributed by atoms with E-state index in [1.165, 1.54) is 6.07 Å². The van der Waals surface area contributed by atoms with Gasteiger partial charge in [-0.2, -0.15) is 0 Å². The van der Waals surface area contributed by atoms with Crippen molar-refractivity contribution in [2.45, 2.75) is 19.3 Å². The summed E-state index contributed by atoms with van der Waals surface area (Å²) in [6.45, 7) is 3.64. The summed E-state index contributed by atoms with van der Waals surface area (Å²) in [6, 6.07) is 8.33. The van der Waals surface area contributed by atoms with Crippen LogP contribution in [0.3, 0.4) is 0 Å². The summed E-state index contributed by atoms with van der Waals surface area (Å²) in [7, 11) is 0. The van der Waals surface area contributed by atoms with Crippen molar-refractivity contribution in [1.82, 2.24) is 0 Å². The molecule has 0 bridgehead atoms. The number of aromatic hydroxyl groups is 1. The molecule has 0 aromatic heterocycles. The number of fused-ring (bicyclic) bond motifs is 1. The summed E-state index contributed by atoms with van der Waals surface area (Å²) in [5, 5.41) is 13.9. The number of carbonyl (C=O) groups excluding carboxylic acids is 1. The quantitative estimate of drug-likeness (QED) is 0.824. The smallest absolute Gasteiger partial charge is 0.239 e. The topological polar surface area (TPSA) is 49.3 Å². The number of phenols is 1. The molecular weight excluding hydrogens is 309 g/mol. The largest absolute Gasteiger partial charge is 0.508 e. The van der Waals surface area contributed by atoms with Gasteiger partial charge in [0.1, 0.15) is 11.2 Å². The van der Waals surface area contributed by atoms with Gasteiger partial charge in [0, 0.05) is 26.9 Å². The number of benzene rings is 2. The Bertz CT molecular complexity index is 773. The average Bonchev–Trinajstić information content (AvgIpc) is 2.65. The third-order valence-corrected chi connectivity index (χ3v) is 4.47. The summed E-state index contributed by atoms with van der Waals surface area (Å²) in [5.41, 5.74) is 1.66. The lowest BCUT2D eigenvalue weighted by Gasteiger charge is -2.25. The minimum Gasteiger partial charge on any atom is -0.508 e. The number of hydrogen-bond acceptors (Lipinski definition) is 2. The summed E-state index contributed by atoms with van der Waals surface area (Å²) in [5.74, 6) is -0.218. The maximum atomic E-state index is 12.6. The molecule has 0 radical (unpaired) electrons. The van der Waals surface area contributed by atoms with Gasteiger partial charge in [0.15, 0.2) is 0 Å². The lowest BCUT2D eigenvalue weighted by Crippen LogP contribution is -2.32. The Hall–Kier alpha value is -1.71. The van der Waals surface area contributed by atoms with Crippen LogP contribution in [0.15, 0.2) is 30.3 Å². The van der Waals surface area contributed by atoms with Crippen LogP contribution in [0.4, 0.5) is 5.69 Å². The van der Waals surface area contributed by atoms with E-state index in [-0.39, 0.29) is 11.7 Å². The third-order valence-electron chi connectivity index (χ3n) is 3.93. The van der Waals surface area contributed by atoms with Gasteiger partial charge in [-0.3, -0.25) is 4.79 Å². The van der Waals surface area contributed by atoms with Crippen LogP contribution < -0.4 is 5.32 Å². The normalized spacial score (nSPS) is 20.3. The minimum absolute atomic E-state index is 0.0153. The molecule has 1 aliphatic rings. The first-order chi connectivity index (χ1) is 9.84. The molecular formula is C16H13Cl2NO2. The first kappa shape index (κ1) is 14.2. The van der Waals surface area contributed by atoms with Crippen molar-refractivity contribution in [1.29, 1.82) is 0 Å². The van der Waals surface area contributed by atoms with Crippen LogP contribution in [-0.2, 0) is 10.2 Å². The fraction of sp³-hybridized carbons (Fsp3) is 0.188. The number of phenolic OH excluding ortho intramolecular Hbond substituents is 1. The van der Waals surface area contributed by atoms with Crippen molar-refractivity contribution in [3.8, 4) is 5.75 Å². The highest BCUT2D eigenvalue weighted by molar-refractivity contribution is 6.33. The molecule has 21 heavy (non-hydrogen) atoms. The van der Waals surface area contributed by atoms with E-state index in [0.29, 0.717) is 26.9 Å². The van der Waals surface area contributed by atoms with Crippen LogP contribution in [0.1, 0.15) is 23.6 Å². The van der Waals surface area contributed by atoms with E-state index in [1.807, 2.05) is 13.0 Å². The van der Waals surface area contributed by atoms with E-state index in [1.54, 1.807) is 25.1 Å². The predicted octanol–water partition coefficient (Wildman–Crippen LogP) is 4.27. The number of carbonyl (C=O) groups is 1. The number of amides is 1. The molecule has 0 aliphatic carbocycles. The highest BCUT2D eigenvalue weighted by Crippen LogP contribution is 2.49. The second-order valence-corrected chi connectivity index (χ2v) is 6.25. The molecule has 3 nitrogen and oxygen atoms in total. The number of nitrogens with one attached hydrogen (secondary N) is 1. The van der Waals surface area contributed by atoms with Crippen LogP contribution in [0.2, 0.25) is 10.0 Å². The van der Waals surface area contributed by atoms with Gasteiger partial charge < -0.3 is 10.4 Å². The molecule has 0 saturated heterocycles. The molecule has 0 fully saturated rings. The molecule has 5 heteroatoms. The van der Waals surface area contributed by atoms with Crippen molar-refractivity contribution < 1.29 is 9.90 Å². The zero-order valence-electron chi connectivity index (χ0n) is 11.5. The maximum Gasteiger partial charge on any atom is 0.239 e. The summed E-state index contributed by atoms with van der Waals surface area (Å²) in [6.07, 6.45) is 0. The molecule has 0 unspecified atom stereocenters. The highest BCUT2D eigenvalue weighted by Gasteiger charge is 2.47. The van der Waals surface area contributed by atoms with Gasteiger partial charge in [0.25, 0.3) is 0 Å². The lowest BCUT2D eigenvalue weighted by molar-refractivity contribution is -0.119. The second kappa shape index (κ2) is 4.65. The number of anilines is 1. The molecule has 2 aromatic carbocycles. The molecule has 3 rings (SSSR count). The van der Waals surface area contributed by atoms with Crippen molar-refractivity contribution in [3.05, 3.63) is 57.1 Å². The SMILES string of the molecule is Cc1cc(Cl)c2c(c1)NC(=O)[C@]2(C)c1cc(Cl)ccc1O. The number of halogens is 2. The molecule has 1 atom stereocenters. The van der Waals surface area contributed by atoms with Crippen LogP contribution >= 0.6 is 23.2 Å². The average molecular weight is 322 g/mol. The number of aryl methyl sites for hydroxylation is 1. The molecule has 1 amide bonds. The van der Waals surface area contributed by atoms with Gasteiger partial charge >= 0.3 is 0 Å². The Balaban J connectivity index is 2.33. The van der Waals surface area contributed by atoms with Crippen molar-refractivity contribution in [2.75, 3.05) is 5.32 Å². The summed E-state index contributed by atoms with van der Waals surface area (Å²) >= 11 is 12.4. The Labute approximate surface area is 132 Å². The molecule has 0 spiro atoms. The minimum atomic E-state index is -1.07. The molecule has 0 saturated carbocycles. The first-order valence-electron chi connectivity index (χ1n) is 6.45. The molecule has 2 aromatic rings. The second-order valence-electron chi connectivity index (χ2n) is 5.41. The first-order valence-corrected chi connectivity index (χ1v) is 7.20. The van der Waals surface area contributed by atoms with Crippen LogP contribution in [0.25, 0.3) is 0 Å². The standard InChI is InChI=1S/C16H13Cl2NO2/c1-8-5-11(18)14-12(6-8)19-15(21)16(14,2)10-7-9(17)3-4-13(10)20/h3-7,20H,1-2H3,(H,19,21)/t16-/m1/s1. The van der Waals surface area contributed by atoms with Crippen molar-refractivity contribution >= 4 is 34.8 Å². The summed E-state index contributed by atoms with van der Waals surface area (Å²) in [4.78, 5) is 12.6. The van der Waals surface area contributed by atoms with E-state index in [2.05, 4.69) is 5.32 Å². The van der Waals surface area contributed by atoms with Gasteiger partial charge in [0.05, 0.1) is 0 Å². The summed E-state index contributed by atoms with van der Waals surface area (Å²) < 4.78 is 0. The van der Waals surface area contributed by atoms with Crippen LogP contribution in [0, 0.1) is 6.92 Å².